The predicted molar refractivity (Wildman–Crippen MR) is 54.7 cm³/mol. The monoisotopic (exact) mass is 255 g/mol. The Morgan fingerprint density at radius 3 is 2.36 bits per heavy atom. The molecule has 0 spiro atoms. The fourth-order valence-corrected chi connectivity index (χ4v) is 1.64. The summed E-state index contributed by atoms with van der Waals surface area (Å²) >= 11 is 17.0. The van der Waals surface area contributed by atoms with Crippen molar-refractivity contribution < 1.29 is 9.66 Å². The van der Waals surface area contributed by atoms with E-state index in [1.807, 2.05) is 0 Å². The number of benzene rings is 1. The normalized spacial score (nSPS) is 10.0. The van der Waals surface area contributed by atoms with Crippen LogP contribution in [0, 0.1) is 10.1 Å². The molecule has 0 N–H and O–H groups in total. The third-order valence-corrected chi connectivity index (χ3v) is 2.63. The second kappa shape index (κ2) is 4.21. The molecular formula is C7H4Cl3NO3. The zero-order valence-corrected chi connectivity index (χ0v) is 9.15. The lowest BCUT2D eigenvalue weighted by Crippen LogP contribution is -1.93. The van der Waals surface area contributed by atoms with Crippen molar-refractivity contribution in [1.82, 2.24) is 0 Å². The first-order valence-corrected chi connectivity index (χ1v) is 4.48. The summed E-state index contributed by atoms with van der Waals surface area (Å²) < 4.78 is 4.79. The molecule has 0 radical (unpaired) electrons. The van der Waals surface area contributed by atoms with Gasteiger partial charge in [0.25, 0.3) is 5.69 Å². The van der Waals surface area contributed by atoms with Gasteiger partial charge in [-0.1, -0.05) is 34.8 Å². The summed E-state index contributed by atoms with van der Waals surface area (Å²) in [7, 11) is 1.30. The number of nitro groups is 1. The molecule has 76 valence electrons. The molecule has 0 saturated heterocycles. The number of nitrogens with zero attached hydrogens (tertiary/aromatic N) is 1. The number of hydrogen-bond donors (Lipinski definition) is 0. The van der Waals surface area contributed by atoms with Gasteiger partial charge in [-0.05, 0) is 0 Å². The second-order valence-electron chi connectivity index (χ2n) is 2.30. The lowest BCUT2D eigenvalue weighted by molar-refractivity contribution is -0.384. The molecule has 1 aromatic rings. The van der Waals surface area contributed by atoms with Crippen LogP contribution in [0.2, 0.25) is 15.1 Å². The Morgan fingerprint density at radius 1 is 1.36 bits per heavy atom. The van der Waals surface area contributed by atoms with Gasteiger partial charge in [0.15, 0.2) is 10.8 Å². The summed E-state index contributed by atoms with van der Waals surface area (Å²) in [6, 6.07) is 1.08. The van der Waals surface area contributed by atoms with Crippen LogP contribution >= 0.6 is 34.8 Å². The van der Waals surface area contributed by atoms with Crippen molar-refractivity contribution in [1.29, 1.82) is 0 Å². The van der Waals surface area contributed by atoms with Gasteiger partial charge < -0.3 is 4.74 Å². The first-order valence-electron chi connectivity index (χ1n) is 3.35. The van der Waals surface area contributed by atoms with Crippen LogP contribution in [0.1, 0.15) is 0 Å². The largest absolute Gasteiger partial charge is 0.493 e. The van der Waals surface area contributed by atoms with Gasteiger partial charge in [0.2, 0.25) is 0 Å². The molecule has 0 aliphatic rings. The molecule has 7 heteroatoms. The van der Waals surface area contributed by atoms with Crippen LogP contribution in [-0.4, -0.2) is 12.0 Å². The lowest BCUT2D eigenvalue weighted by Gasteiger charge is -2.06. The molecule has 0 saturated carbocycles. The standard InChI is InChI=1S/C7H4Cl3NO3/c1-14-7-5(9)3(8)2-4(6(7)10)11(12)13/h2H,1H3. The molecule has 14 heavy (non-hydrogen) atoms. The van der Waals surface area contributed by atoms with E-state index in [1.165, 1.54) is 7.11 Å². The van der Waals surface area contributed by atoms with Crippen LogP contribution in [-0.2, 0) is 0 Å². The smallest absolute Gasteiger partial charge is 0.293 e. The number of methoxy groups -OCH3 is 1. The highest BCUT2D eigenvalue weighted by Gasteiger charge is 2.22. The Balaban J connectivity index is 3.50. The molecule has 0 heterocycles. The van der Waals surface area contributed by atoms with E-state index in [0.717, 1.165) is 6.07 Å². The molecule has 1 rings (SSSR count). The van der Waals surface area contributed by atoms with Gasteiger partial charge >= 0.3 is 0 Å². The van der Waals surface area contributed by atoms with Crippen molar-refractivity contribution in [3.63, 3.8) is 0 Å². The van der Waals surface area contributed by atoms with Crippen molar-refractivity contribution in [2.75, 3.05) is 7.11 Å². The summed E-state index contributed by atoms with van der Waals surface area (Å²) in [4.78, 5) is 9.86. The van der Waals surface area contributed by atoms with E-state index in [9.17, 15) is 10.1 Å². The topological polar surface area (TPSA) is 52.4 Å². The van der Waals surface area contributed by atoms with Gasteiger partial charge in [0.05, 0.1) is 17.1 Å². The van der Waals surface area contributed by atoms with Gasteiger partial charge in [0.1, 0.15) is 5.02 Å². The van der Waals surface area contributed by atoms with Gasteiger partial charge in [-0.25, -0.2) is 0 Å². The third-order valence-electron chi connectivity index (χ3n) is 1.50. The van der Waals surface area contributed by atoms with E-state index in [2.05, 4.69) is 0 Å². The molecule has 1 aromatic carbocycles. The lowest BCUT2D eigenvalue weighted by atomic mass is 10.3. The summed E-state index contributed by atoms with van der Waals surface area (Å²) in [5.74, 6) is 0.00698. The molecule has 0 amide bonds. The highest BCUT2D eigenvalue weighted by molar-refractivity contribution is 6.45. The van der Waals surface area contributed by atoms with Gasteiger partial charge in [-0.3, -0.25) is 10.1 Å². The zero-order chi connectivity index (χ0) is 10.9. The van der Waals surface area contributed by atoms with Gasteiger partial charge in [-0.2, -0.15) is 0 Å². The Kier molecular flexibility index (Phi) is 3.42. The Hall–Kier alpha value is -0.710. The van der Waals surface area contributed by atoms with Gasteiger partial charge in [-0.15, -0.1) is 0 Å². The first kappa shape index (κ1) is 11.4. The fraction of sp³-hybridized carbons (Fsp3) is 0.143. The SMILES string of the molecule is COc1c(Cl)c(Cl)cc([N+](=O)[O-])c1Cl. The Labute approximate surface area is 94.5 Å². The summed E-state index contributed by atoms with van der Waals surface area (Å²) in [5.41, 5.74) is -0.335. The van der Waals surface area contributed by atoms with Crippen LogP contribution in [0.4, 0.5) is 5.69 Å². The number of ether oxygens (including phenoxy) is 1. The van der Waals surface area contributed by atoms with E-state index in [1.54, 1.807) is 0 Å². The maximum absolute atomic E-state index is 10.5. The molecule has 0 aliphatic carbocycles. The number of hydrogen-bond acceptors (Lipinski definition) is 3. The Morgan fingerprint density at radius 2 is 1.93 bits per heavy atom. The van der Waals surface area contributed by atoms with Crippen molar-refractivity contribution in [3.8, 4) is 5.75 Å². The van der Waals surface area contributed by atoms with Crippen LogP contribution in [0.3, 0.4) is 0 Å². The molecule has 0 fully saturated rings. The van der Waals surface area contributed by atoms with E-state index in [-0.39, 0.29) is 26.5 Å². The van der Waals surface area contributed by atoms with E-state index in [4.69, 9.17) is 39.5 Å². The van der Waals surface area contributed by atoms with E-state index in [0.29, 0.717) is 0 Å². The number of rotatable bonds is 2. The highest BCUT2D eigenvalue weighted by atomic mass is 35.5. The predicted octanol–water partition coefficient (Wildman–Crippen LogP) is 3.56. The fourth-order valence-electron chi connectivity index (χ4n) is 0.880. The Bertz CT molecular complexity index is 394. The minimum atomic E-state index is -0.660. The van der Waals surface area contributed by atoms with Crippen LogP contribution in [0.5, 0.6) is 5.75 Å². The van der Waals surface area contributed by atoms with Crippen molar-refractivity contribution in [2.45, 2.75) is 0 Å². The maximum Gasteiger partial charge on any atom is 0.293 e. The molecule has 0 unspecified atom stereocenters. The molecular weight excluding hydrogens is 252 g/mol. The molecule has 4 nitrogen and oxygen atoms in total. The minimum absolute atomic E-state index is 0.00698. The van der Waals surface area contributed by atoms with Gasteiger partial charge in [0, 0.05) is 6.07 Å². The molecule has 0 bridgehead atoms. The number of halogens is 3. The average Bonchev–Trinajstić information content (AvgIpc) is 2.12. The molecule has 0 atom stereocenters. The quantitative estimate of drug-likeness (QED) is 0.462. The van der Waals surface area contributed by atoms with Crippen LogP contribution in [0.25, 0.3) is 0 Å². The maximum atomic E-state index is 10.5. The number of nitro benzene ring substituents is 1. The summed E-state index contributed by atoms with van der Waals surface area (Å²) in [5, 5.41) is 10.4. The van der Waals surface area contributed by atoms with Crippen molar-refractivity contribution >= 4 is 40.5 Å². The second-order valence-corrected chi connectivity index (χ2v) is 3.46. The zero-order valence-electron chi connectivity index (χ0n) is 6.88. The van der Waals surface area contributed by atoms with Crippen LogP contribution < -0.4 is 4.74 Å². The van der Waals surface area contributed by atoms with E-state index < -0.39 is 4.92 Å². The first-order chi connectivity index (χ1) is 6.49. The average molecular weight is 256 g/mol. The summed E-state index contributed by atoms with van der Waals surface area (Å²) in [6.07, 6.45) is 0. The van der Waals surface area contributed by atoms with Crippen molar-refractivity contribution in [2.24, 2.45) is 0 Å². The van der Waals surface area contributed by atoms with E-state index >= 15 is 0 Å². The third kappa shape index (κ3) is 1.87. The molecule has 0 aliphatic heterocycles. The van der Waals surface area contributed by atoms with Crippen LogP contribution in [0.15, 0.2) is 6.07 Å². The van der Waals surface area contributed by atoms with Crippen molar-refractivity contribution in [3.05, 3.63) is 31.2 Å². The minimum Gasteiger partial charge on any atom is -0.493 e. The molecule has 0 aromatic heterocycles. The highest BCUT2D eigenvalue weighted by Crippen LogP contribution is 2.43. The summed E-state index contributed by atoms with van der Waals surface area (Å²) in [6.45, 7) is 0.